The molecular weight excluding hydrogens is 228 g/mol. The van der Waals surface area contributed by atoms with Crippen LogP contribution in [0.15, 0.2) is 35.3 Å². The summed E-state index contributed by atoms with van der Waals surface area (Å²) in [4.78, 5) is 16.4. The fourth-order valence-corrected chi connectivity index (χ4v) is 2.27. The summed E-state index contributed by atoms with van der Waals surface area (Å²) >= 11 is 0. The van der Waals surface area contributed by atoms with E-state index in [1.807, 2.05) is 13.0 Å². The number of aromatic hydroxyl groups is 1. The number of aryl methyl sites for hydroxylation is 2. The Morgan fingerprint density at radius 1 is 1.17 bits per heavy atom. The Morgan fingerprint density at radius 2 is 1.94 bits per heavy atom. The quantitative estimate of drug-likeness (QED) is 0.612. The Hall–Kier alpha value is -2.36. The van der Waals surface area contributed by atoms with Crippen LogP contribution in [0, 0.1) is 6.92 Å². The van der Waals surface area contributed by atoms with Crippen molar-refractivity contribution in [3.8, 4) is 5.75 Å². The zero-order valence-electron chi connectivity index (χ0n) is 10.1. The third-order valence-corrected chi connectivity index (χ3v) is 3.21. The van der Waals surface area contributed by atoms with E-state index in [1.165, 1.54) is 6.07 Å². The highest BCUT2D eigenvalue weighted by atomic mass is 16.3. The summed E-state index contributed by atoms with van der Waals surface area (Å²) in [6.45, 7) is 1.91. The van der Waals surface area contributed by atoms with Gasteiger partial charge in [0.15, 0.2) is 0 Å². The van der Waals surface area contributed by atoms with E-state index < -0.39 is 0 Å². The predicted octanol–water partition coefficient (Wildman–Crippen LogP) is 2.10. The first-order valence-corrected chi connectivity index (χ1v) is 5.66. The number of pyridine rings is 2. The lowest BCUT2D eigenvalue weighted by Crippen LogP contribution is -2.17. The van der Waals surface area contributed by atoms with E-state index in [4.69, 9.17) is 0 Å². The van der Waals surface area contributed by atoms with E-state index in [0.717, 1.165) is 22.0 Å². The molecule has 1 aromatic carbocycles. The van der Waals surface area contributed by atoms with Crippen LogP contribution in [0.5, 0.6) is 5.75 Å². The number of phenols is 1. The molecule has 0 saturated carbocycles. The second-order valence-electron chi connectivity index (χ2n) is 4.44. The van der Waals surface area contributed by atoms with Gasteiger partial charge in [-0.1, -0.05) is 0 Å². The van der Waals surface area contributed by atoms with Gasteiger partial charge in [-0.05, 0) is 36.6 Å². The van der Waals surface area contributed by atoms with Gasteiger partial charge >= 0.3 is 0 Å². The molecule has 3 rings (SSSR count). The molecule has 2 heterocycles. The van der Waals surface area contributed by atoms with Crippen molar-refractivity contribution in [2.75, 3.05) is 0 Å². The Morgan fingerprint density at radius 3 is 2.72 bits per heavy atom. The number of hydrogen-bond donors (Lipinski definition) is 1. The van der Waals surface area contributed by atoms with E-state index >= 15 is 0 Å². The van der Waals surface area contributed by atoms with Crippen molar-refractivity contribution in [2.45, 2.75) is 6.92 Å². The molecule has 0 atom stereocenters. The molecule has 18 heavy (non-hydrogen) atoms. The summed E-state index contributed by atoms with van der Waals surface area (Å²) < 4.78 is 1.56. The van der Waals surface area contributed by atoms with Crippen molar-refractivity contribution < 1.29 is 5.11 Å². The second kappa shape index (κ2) is 3.57. The van der Waals surface area contributed by atoms with Crippen LogP contribution in [0.3, 0.4) is 0 Å². The normalized spacial score (nSPS) is 11.2. The number of fused-ring (bicyclic) bond motifs is 3. The lowest BCUT2D eigenvalue weighted by Gasteiger charge is -2.09. The first kappa shape index (κ1) is 10.8. The van der Waals surface area contributed by atoms with Crippen molar-refractivity contribution in [3.63, 3.8) is 0 Å². The van der Waals surface area contributed by atoms with Gasteiger partial charge in [-0.15, -0.1) is 0 Å². The van der Waals surface area contributed by atoms with Crippen LogP contribution in [0.4, 0.5) is 0 Å². The summed E-state index contributed by atoms with van der Waals surface area (Å²) in [5, 5.41) is 11.9. The van der Waals surface area contributed by atoms with Crippen LogP contribution in [0.2, 0.25) is 0 Å². The molecular formula is C14H12N2O2. The fourth-order valence-electron chi connectivity index (χ4n) is 2.27. The summed E-state index contributed by atoms with van der Waals surface area (Å²) in [7, 11) is 1.71. The minimum absolute atomic E-state index is 0.102. The molecule has 0 spiro atoms. The van der Waals surface area contributed by atoms with E-state index in [2.05, 4.69) is 4.98 Å². The Balaban J connectivity index is 2.68. The van der Waals surface area contributed by atoms with Gasteiger partial charge < -0.3 is 9.67 Å². The standard InChI is InChI=1S/C14H12N2O2/c1-8-5-11-10-4-3-9(17)6-12(10)14(18)16(2)13(11)7-15-8/h3-7,17H,1-2H3. The molecule has 4 heteroatoms. The van der Waals surface area contributed by atoms with Crippen molar-refractivity contribution in [2.24, 2.45) is 7.05 Å². The van der Waals surface area contributed by atoms with Crippen molar-refractivity contribution >= 4 is 21.7 Å². The van der Waals surface area contributed by atoms with Gasteiger partial charge in [-0.3, -0.25) is 9.78 Å². The summed E-state index contributed by atoms with van der Waals surface area (Å²) in [6, 6.07) is 6.83. The number of hydrogen-bond acceptors (Lipinski definition) is 3. The lowest BCUT2D eigenvalue weighted by atomic mass is 10.1. The van der Waals surface area contributed by atoms with Gasteiger partial charge in [0, 0.05) is 18.1 Å². The maximum absolute atomic E-state index is 12.2. The SMILES string of the molecule is Cc1cc2c3ccc(O)cc3c(=O)n(C)c2cn1. The first-order chi connectivity index (χ1) is 8.58. The Bertz CT molecular complexity index is 834. The summed E-state index contributed by atoms with van der Waals surface area (Å²) in [5.41, 5.74) is 1.57. The highest BCUT2D eigenvalue weighted by Crippen LogP contribution is 2.25. The maximum atomic E-state index is 12.2. The molecule has 4 nitrogen and oxygen atoms in total. The van der Waals surface area contributed by atoms with E-state index in [9.17, 15) is 9.90 Å². The minimum Gasteiger partial charge on any atom is -0.508 e. The molecule has 2 aromatic heterocycles. The van der Waals surface area contributed by atoms with Gasteiger partial charge in [-0.2, -0.15) is 0 Å². The molecule has 1 N–H and O–H groups in total. The van der Waals surface area contributed by atoms with Gasteiger partial charge in [0.2, 0.25) is 0 Å². The molecule has 0 amide bonds. The molecule has 90 valence electrons. The molecule has 0 aliphatic rings. The topological polar surface area (TPSA) is 55.1 Å². The minimum atomic E-state index is -0.126. The largest absolute Gasteiger partial charge is 0.508 e. The molecule has 0 radical (unpaired) electrons. The van der Waals surface area contributed by atoms with Gasteiger partial charge in [0.25, 0.3) is 5.56 Å². The van der Waals surface area contributed by atoms with Crippen LogP contribution < -0.4 is 5.56 Å². The molecule has 0 saturated heterocycles. The maximum Gasteiger partial charge on any atom is 0.258 e. The number of phenolic OH excluding ortho intramolecular Hbond substituents is 1. The number of benzene rings is 1. The fraction of sp³-hybridized carbons (Fsp3) is 0.143. The van der Waals surface area contributed by atoms with E-state index in [1.54, 1.807) is 29.9 Å². The Kier molecular flexibility index (Phi) is 2.13. The lowest BCUT2D eigenvalue weighted by molar-refractivity contribution is 0.476. The van der Waals surface area contributed by atoms with E-state index in [0.29, 0.717) is 5.39 Å². The number of nitrogens with zero attached hydrogens (tertiary/aromatic N) is 2. The molecule has 3 aromatic rings. The predicted molar refractivity (Wildman–Crippen MR) is 70.9 cm³/mol. The highest BCUT2D eigenvalue weighted by Gasteiger charge is 2.09. The second-order valence-corrected chi connectivity index (χ2v) is 4.44. The first-order valence-electron chi connectivity index (χ1n) is 5.66. The van der Waals surface area contributed by atoms with Crippen LogP contribution in [0.25, 0.3) is 21.7 Å². The molecule has 0 bridgehead atoms. The van der Waals surface area contributed by atoms with Gasteiger partial charge in [0.05, 0.1) is 17.1 Å². The molecule has 0 aliphatic heterocycles. The molecule has 0 aliphatic carbocycles. The number of aromatic nitrogens is 2. The van der Waals surface area contributed by atoms with Crippen LogP contribution in [0.1, 0.15) is 5.69 Å². The number of rotatable bonds is 0. The molecule has 0 unspecified atom stereocenters. The van der Waals surface area contributed by atoms with Gasteiger partial charge in [0.1, 0.15) is 5.75 Å². The van der Waals surface area contributed by atoms with Crippen molar-refractivity contribution in [1.82, 2.24) is 9.55 Å². The van der Waals surface area contributed by atoms with Crippen molar-refractivity contribution in [3.05, 3.63) is 46.5 Å². The van der Waals surface area contributed by atoms with Crippen molar-refractivity contribution in [1.29, 1.82) is 0 Å². The molecule has 0 fully saturated rings. The highest BCUT2D eigenvalue weighted by molar-refractivity contribution is 6.05. The van der Waals surface area contributed by atoms with Crippen LogP contribution in [-0.4, -0.2) is 14.7 Å². The average Bonchev–Trinajstić information content (AvgIpc) is 2.35. The summed E-state index contributed by atoms with van der Waals surface area (Å²) in [5.74, 6) is 0.102. The van der Waals surface area contributed by atoms with Crippen LogP contribution >= 0.6 is 0 Å². The smallest absolute Gasteiger partial charge is 0.258 e. The zero-order chi connectivity index (χ0) is 12.9. The summed E-state index contributed by atoms with van der Waals surface area (Å²) in [6.07, 6.45) is 1.71. The Labute approximate surface area is 103 Å². The van der Waals surface area contributed by atoms with Gasteiger partial charge in [-0.25, -0.2) is 0 Å². The monoisotopic (exact) mass is 240 g/mol. The zero-order valence-corrected chi connectivity index (χ0v) is 10.1. The average molecular weight is 240 g/mol. The van der Waals surface area contributed by atoms with E-state index in [-0.39, 0.29) is 11.3 Å². The third-order valence-electron chi connectivity index (χ3n) is 3.21. The third kappa shape index (κ3) is 1.39. The van der Waals surface area contributed by atoms with Crippen LogP contribution in [-0.2, 0) is 7.05 Å².